The van der Waals surface area contributed by atoms with Crippen LogP contribution in [0.3, 0.4) is 0 Å². The van der Waals surface area contributed by atoms with Crippen LogP contribution >= 0.6 is 15.9 Å². The quantitative estimate of drug-likeness (QED) is 0.407. The zero-order valence-corrected chi connectivity index (χ0v) is 13.5. The van der Waals surface area contributed by atoms with E-state index in [4.69, 9.17) is 4.42 Å². The Balaban J connectivity index is 2.33. The molecule has 0 atom stereocenters. The van der Waals surface area contributed by atoms with Crippen LogP contribution in [-0.4, -0.2) is 13.1 Å². The summed E-state index contributed by atoms with van der Waals surface area (Å²) in [5.74, 6) is -0.388. The van der Waals surface area contributed by atoms with Gasteiger partial charge in [0.05, 0.1) is 24.3 Å². The van der Waals surface area contributed by atoms with Crippen LogP contribution in [0.15, 0.2) is 45.6 Å². The van der Waals surface area contributed by atoms with Crippen molar-refractivity contribution in [1.82, 2.24) is 0 Å². The largest absolute Gasteiger partial charge is 0.469 e. The van der Waals surface area contributed by atoms with Crippen LogP contribution in [0.2, 0.25) is 0 Å². The summed E-state index contributed by atoms with van der Waals surface area (Å²) in [6.45, 7) is 0. The number of carbonyl (C=O) groups excluding carboxylic acids is 1. The Bertz CT molecular complexity index is 927. The third kappa shape index (κ3) is 2.52. The number of hydrogen-bond acceptors (Lipinski definition) is 4. The summed E-state index contributed by atoms with van der Waals surface area (Å²) in [7, 11) is 1.33. The molecule has 0 fully saturated rings. The SMILES string of the molecule is COC(=O)Cc1cccc2oc3ccc(CBr)cc3c(=O)c12. The summed E-state index contributed by atoms with van der Waals surface area (Å²) in [5, 5.41) is 1.61. The highest BCUT2D eigenvalue weighted by Gasteiger charge is 2.14. The Hall–Kier alpha value is -2.14. The molecule has 2 aromatic carbocycles. The molecule has 0 aliphatic carbocycles. The van der Waals surface area contributed by atoms with E-state index in [1.807, 2.05) is 12.1 Å². The molecule has 3 aromatic rings. The molecule has 3 rings (SSSR count). The van der Waals surface area contributed by atoms with Gasteiger partial charge in [0.2, 0.25) is 5.43 Å². The number of hydrogen-bond donors (Lipinski definition) is 0. The van der Waals surface area contributed by atoms with Crippen LogP contribution < -0.4 is 5.43 Å². The molecule has 112 valence electrons. The van der Waals surface area contributed by atoms with Crippen molar-refractivity contribution < 1.29 is 13.9 Å². The normalized spacial score (nSPS) is 11.0. The molecule has 0 unspecified atom stereocenters. The summed E-state index contributed by atoms with van der Waals surface area (Å²) < 4.78 is 10.5. The van der Waals surface area contributed by atoms with Gasteiger partial charge in [0.25, 0.3) is 0 Å². The fourth-order valence-electron chi connectivity index (χ4n) is 2.47. The monoisotopic (exact) mass is 360 g/mol. The van der Waals surface area contributed by atoms with Gasteiger partial charge in [-0.2, -0.15) is 0 Å². The van der Waals surface area contributed by atoms with Crippen molar-refractivity contribution in [2.45, 2.75) is 11.8 Å². The van der Waals surface area contributed by atoms with Gasteiger partial charge in [0, 0.05) is 5.33 Å². The lowest BCUT2D eigenvalue weighted by molar-refractivity contribution is -0.139. The lowest BCUT2D eigenvalue weighted by atomic mass is 10.0. The lowest BCUT2D eigenvalue weighted by Crippen LogP contribution is -2.10. The van der Waals surface area contributed by atoms with Crippen LogP contribution in [0.5, 0.6) is 0 Å². The van der Waals surface area contributed by atoms with Crippen LogP contribution in [0.25, 0.3) is 21.9 Å². The standard InChI is InChI=1S/C17H13BrO4/c1-21-15(19)8-11-3-2-4-14-16(11)17(20)12-7-10(9-18)5-6-13(12)22-14/h2-7H,8-9H2,1H3. The third-order valence-corrected chi connectivity index (χ3v) is 4.21. The van der Waals surface area contributed by atoms with E-state index in [0.717, 1.165) is 5.56 Å². The summed E-state index contributed by atoms with van der Waals surface area (Å²) >= 11 is 3.38. The van der Waals surface area contributed by atoms with Gasteiger partial charge in [0.15, 0.2) is 0 Å². The molecule has 0 radical (unpaired) electrons. The first-order chi connectivity index (χ1) is 10.6. The molecule has 0 saturated heterocycles. The predicted molar refractivity (Wildman–Crippen MR) is 88.3 cm³/mol. The number of fused-ring (bicyclic) bond motifs is 2. The molecule has 22 heavy (non-hydrogen) atoms. The van der Waals surface area contributed by atoms with Crippen molar-refractivity contribution in [3.05, 3.63) is 57.7 Å². The third-order valence-electron chi connectivity index (χ3n) is 3.56. The van der Waals surface area contributed by atoms with E-state index in [1.54, 1.807) is 24.3 Å². The summed E-state index contributed by atoms with van der Waals surface area (Å²) in [5.41, 5.74) is 2.50. The molecule has 4 nitrogen and oxygen atoms in total. The number of esters is 1. The Labute approximate surface area is 134 Å². The van der Waals surface area contributed by atoms with E-state index in [-0.39, 0.29) is 17.8 Å². The highest BCUT2D eigenvalue weighted by Crippen LogP contribution is 2.23. The number of carbonyl (C=O) groups is 1. The van der Waals surface area contributed by atoms with Crippen molar-refractivity contribution in [2.24, 2.45) is 0 Å². The van der Waals surface area contributed by atoms with Crippen LogP contribution in [0.1, 0.15) is 11.1 Å². The average molecular weight is 361 g/mol. The highest BCUT2D eigenvalue weighted by atomic mass is 79.9. The molecule has 1 aromatic heterocycles. The van der Waals surface area contributed by atoms with Crippen molar-refractivity contribution in [3.63, 3.8) is 0 Å². The van der Waals surface area contributed by atoms with Crippen molar-refractivity contribution in [3.8, 4) is 0 Å². The predicted octanol–water partition coefficient (Wildman–Crippen LogP) is 3.56. The molecule has 0 aliphatic rings. The van der Waals surface area contributed by atoms with Gasteiger partial charge >= 0.3 is 5.97 Å². The fraction of sp³-hybridized carbons (Fsp3) is 0.176. The molecule has 0 N–H and O–H groups in total. The van der Waals surface area contributed by atoms with Crippen LogP contribution in [-0.2, 0) is 21.3 Å². The first kappa shape index (κ1) is 14.8. The summed E-state index contributed by atoms with van der Waals surface area (Å²) in [4.78, 5) is 24.4. The average Bonchev–Trinajstić information content (AvgIpc) is 2.54. The second-order valence-electron chi connectivity index (χ2n) is 4.94. The van der Waals surface area contributed by atoms with Crippen molar-refractivity contribution >= 4 is 43.8 Å². The molecule has 5 heteroatoms. The second-order valence-corrected chi connectivity index (χ2v) is 5.50. The topological polar surface area (TPSA) is 56.5 Å². The van der Waals surface area contributed by atoms with Gasteiger partial charge in [0.1, 0.15) is 11.2 Å². The van der Waals surface area contributed by atoms with E-state index >= 15 is 0 Å². The first-order valence-corrected chi connectivity index (χ1v) is 7.86. The minimum atomic E-state index is -0.388. The molecule has 1 heterocycles. The number of halogens is 1. The number of methoxy groups -OCH3 is 1. The minimum Gasteiger partial charge on any atom is -0.469 e. The van der Waals surface area contributed by atoms with E-state index in [0.29, 0.717) is 32.8 Å². The Morgan fingerprint density at radius 2 is 2.05 bits per heavy atom. The second kappa shape index (κ2) is 5.93. The van der Waals surface area contributed by atoms with Gasteiger partial charge in [-0.15, -0.1) is 0 Å². The maximum absolute atomic E-state index is 12.8. The maximum atomic E-state index is 12.8. The number of benzene rings is 2. The summed E-state index contributed by atoms with van der Waals surface area (Å²) in [6.07, 6.45) is 0.0439. The van der Waals surface area contributed by atoms with E-state index in [2.05, 4.69) is 20.7 Å². The van der Waals surface area contributed by atoms with Crippen molar-refractivity contribution in [1.29, 1.82) is 0 Å². The molecular weight excluding hydrogens is 348 g/mol. The van der Waals surface area contributed by atoms with Gasteiger partial charge in [-0.25, -0.2) is 0 Å². The van der Waals surface area contributed by atoms with Crippen LogP contribution in [0, 0.1) is 0 Å². The Morgan fingerprint density at radius 1 is 1.23 bits per heavy atom. The molecule has 0 bridgehead atoms. The maximum Gasteiger partial charge on any atom is 0.310 e. The fourth-order valence-corrected chi connectivity index (χ4v) is 2.82. The Morgan fingerprint density at radius 3 is 2.77 bits per heavy atom. The molecular formula is C17H13BrO4. The molecule has 0 spiro atoms. The molecule has 0 aliphatic heterocycles. The van der Waals surface area contributed by atoms with Gasteiger partial charge in [-0.1, -0.05) is 34.1 Å². The highest BCUT2D eigenvalue weighted by molar-refractivity contribution is 9.08. The smallest absolute Gasteiger partial charge is 0.310 e. The van der Waals surface area contributed by atoms with Gasteiger partial charge < -0.3 is 9.15 Å². The number of ether oxygens (including phenoxy) is 1. The summed E-state index contributed by atoms with van der Waals surface area (Å²) in [6, 6.07) is 10.8. The molecule has 0 saturated carbocycles. The lowest BCUT2D eigenvalue weighted by Gasteiger charge is -2.07. The first-order valence-electron chi connectivity index (χ1n) is 6.74. The minimum absolute atomic E-state index is 0.0439. The van der Waals surface area contributed by atoms with E-state index in [9.17, 15) is 9.59 Å². The zero-order valence-electron chi connectivity index (χ0n) is 11.9. The Kier molecular flexibility index (Phi) is 3.98. The van der Waals surface area contributed by atoms with E-state index < -0.39 is 0 Å². The van der Waals surface area contributed by atoms with Crippen molar-refractivity contribution in [2.75, 3.05) is 7.11 Å². The number of alkyl halides is 1. The van der Waals surface area contributed by atoms with Crippen LogP contribution in [0.4, 0.5) is 0 Å². The molecule has 0 amide bonds. The van der Waals surface area contributed by atoms with Gasteiger partial charge in [-0.3, -0.25) is 9.59 Å². The number of rotatable bonds is 3. The van der Waals surface area contributed by atoms with E-state index in [1.165, 1.54) is 7.11 Å². The van der Waals surface area contributed by atoms with Gasteiger partial charge in [-0.05, 0) is 29.3 Å². The zero-order chi connectivity index (χ0) is 15.7.